The average Bonchev–Trinajstić information content (AvgIpc) is 2.47. The molecule has 0 spiro atoms. The first-order valence-corrected chi connectivity index (χ1v) is 5.85. The molecule has 0 fully saturated rings. The second-order valence-electron chi connectivity index (χ2n) is 3.58. The molecule has 20 heavy (non-hydrogen) atoms. The monoisotopic (exact) mass is 279 g/mol. The third kappa shape index (κ3) is 3.97. The summed E-state index contributed by atoms with van der Waals surface area (Å²) in [6.45, 7) is 1.74. The zero-order valence-corrected chi connectivity index (χ0v) is 11.0. The molecule has 7 N–H and O–H groups in total. The molecular formula is C12H17N5O3. The van der Waals surface area contributed by atoms with E-state index in [-0.39, 0.29) is 18.0 Å². The predicted octanol–water partition coefficient (Wildman–Crippen LogP) is -0.674. The summed E-state index contributed by atoms with van der Waals surface area (Å²) in [5.74, 6) is 8.73. The molecular weight excluding hydrogens is 262 g/mol. The van der Waals surface area contributed by atoms with E-state index in [0.717, 1.165) is 0 Å². The Labute approximate surface area is 116 Å². The molecule has 0 aliphatic rings. The van der Waals surface area contributed by atoms with Gasteiger partial charge in [0.15, 0.2) is 5.57 Å². The topological polar surface area (TPSA) is 132 Å². The highest BCUT2D eigenvalue weighted by Crippen LogP contribution is 2.11. The molecule has 1 rings (SSSR count). The first-order valence-electron chi connectivity index (χ1n) is 5.85. The maximum Gasteiger partial charge on any atom is 0.347 e. The lowest BCUT2D eigenvalue weighted by Gasteiger charge is -2.14. The minimum atomic E-state index is -0.841. The summed E-state index contributed by atoms with van der Waals surface area (Å²) in [6, 6.07) is 8.86. The first-order chi connectivity index (χ1) is 9.63. The standard InChI is InChI=1S/C12H17N5O3/c1-2-20-12(19)9(11(18)17-14)10(16-13)15-8-6-4-3-5-7-8/h3-7,15-16H,2,13-14H2,1H3,(H,17,18)/b10-9+. The summed E-state index contributed by atoms with van der Waals surface area (Å²) in [7, 11) is 0. The van der Waals surface area contributed by atoms with Gasteiger partial charge in [0.25, 0.3) is 5.91 Å². The highest BCUT2D eigenvalue weighted by molar-refractivity contribution is 6.17. The number of rotatable bonds is 6. The predicted molar refractivity (Wildman–Crippen MR) is 73.4 cm³/mol. The number of carbonyl (C=O) groups excluding carboxylic acids is 2. The fourth-order valence-electron chi connectivity index (χ4n) is 1.42. The third-order valence-corrected chi connectivity index (χ3v) is 2.28. The zero-order chi connectivity index (χ0) is 15.0. The van der Waals surface area contributed by atoms with Gasteiger partial charge < -0.3 is 15.5 Å². The summed E-state index contributed by atoms with van der Waals surface area (Å²) in [5.41, 5.74) is 4.41. The van der Waals surface area contributed by atoms with Gasteiger partial charge in [-0.2, -0.15) is 0 Å². The van der Waals surface area contributed by atoms with Gasteiger partial charge in [0.1, 0.15) is 5.82 Å². The highest BCUT2D eigenvalue weighted by atomic mass is 16.5. The number of nitrogens with one attached hydrogen (secondary N) is 3. The number of hydrazine groups is 2. The van der Waals surface area contributed by atoms with Crippen LogP contribution in [0.3, 0.4) is 0 Å². The van der Waals surface area contributed by atoms with Crippen molar-refractivity contribution in [3.63, 3.8) is 0 Å². The lowest BCUT2D eigenvalue weighted by Crippen LogP contribution is -2.39. The van der Waals surface area contributed by atoms with Crippen LogP contribution in [0.25, 0.3) is 0 Å². The van der Waals surface area contributed by atoms with E-state index in [1.807, 2.05) is 11.5 Å². The van der Waals surface area contributed by atoms with Crippen LogP contribution in [-0.2, 0) is 14.3 Å². The Kier molecular flexibility index (Phi) is 6.01. The average molecular weight is 279 g/mol. The lowest BCUT2D eigenvalue weighted by atomic mass is 10.2. The molecule has 0 radical (unpaired) electrons. The smallest absolute Gasteiger partial charge is 0.347 e. The van der Waals surface area contributed by atoms with Crippen LogP contribution in [0.2, 0.25) is 0 Å². The Morgan fingerprint density at radius 1 is 1.15 bits per heavy atom. The molecule has 1 aromatic rings. The number of ether oxygens (including phenoxy) is 1. The van der Waals surface area contributed by atoms with Crippen LogP contribution < -0.4 is 27.9 Å². The van der Waals surface area contributed by atoms with Crippen molar-refractivity contribution in [2.24, 2.45) is 11.7 Å². The summed E-state index contributed by atoms with van der Waals surface area (Å²) in [6.07, 6.45) is 0. The normalized spacial score (nSPS) is 11.2. The van der Waals surface area contributed by atoms with E-state index in [0.29, 0.717) is 5.69 Å². The van der Waals surface area contributed by atoms with Gasteiger partial charge in [-0.3, -0.25) is 10.2 Å². The Balaban J connectivity index is 3.14. The molecule has 0 bridgehead atoms. The molecule has 108 valence electrons. The molecule has 8 heteroatoms. The number of amides is 1. The fourth-order valence-corrected chi connectivity index (χ4v) is 1.42. The van der Waals surface area contributed by atoms with Crippen molar-refractivity contribution in [2.45, 2.75) is 6.92 Å². The maximum absolute atomic E-state index is 11.8. The third-order valence-electron chi connectivity index (χ3n) is 2.28. The van der Waals surface area contributed by atoms with Gasteiger partial charge >= 0.3 is 5.97 Å². The largest absolute Gasteiger partial charge is 0.462 e. The van der Waals surface area contributed by atoms with Crippen LogP contribution in [0.4, 0.5) is 5.69 Å². The molecule has 0 heterocycles. The van der Waals surface area contributed by atoms with Gasteiger partial charge in [-0.25, -0.2) is 16.5 Å². The summed E-state index contributed by atoms with van der Waals surface area (Å²) in [4.78, 5) is 23.5. The zero-order valence-electron chi connectivity index (χ0n) is 11.0. The van der Waals surface area contributed by atoms with Crippen molar-refractivity contribution >= 4 is 17.6 Å². The molecule has 1 amide bonds. The second kappa shape index (κ2) is 7.77. The van der Waals surface area contributed by atoms with Crippen molar-refractivity contribution in [1.29, 1.82) is 0 Å². The number of esters is 1. The van der Waals surface area contributed by atoms with E-state index in [1.165, 1.54) is 0 Å². The molecule has 0 aliphatic carbocycles. The molecule has 0 aliphatic heterocycles. The number of hydrogen-bond acceptors (Lipinski definition) is 7. The van der Waals surface area contributed by atoms with Crippen LogP contribution in [0, 0.1) is 0 Å². The van der Waals surface area contributed by atoms with E-state index in [9.17, 15) is 9.59 Å². The lowest BCUT2D eigenvalue weighted by molar-refractivity contribution is -0.140. The molecule has 0 saturated heterocycles. The van der Waals surface area contributed by atoms with Gasteiger partial charge in [-0.15, -0.1) is 0 Å². The van der Waals surface area contributed by atoms with E-state index >= 15 is 0 Å². The van der Waals surface area contributed by atoms with Crippen molar-refractivity contribution in [3.8, 4) is 0 Å². The second-order valence-corrected chi connectivity index (χ2v) is 3.58. The summed E-state index contributed by atoms with van der Waals surface area (Å²) in [5, 5.41) is 2.81. The van der Waals surface area contributed by atoms with Gasteiger partial charge in [0.2, 0.25) is 0 Å². The van der Waals surface area contributed by atoms with Gasteiger partial charge in [0, 0.05) is 5.69 Å². The number of para-hydroxylation sites is 1. The van der Waals surface area contributed by atoms with E-state index in [1.54, 1.807) is 31.2 Å². The minimum Gasteiger partial charge on any atom is -0.462 e. The number of nitrogens with two attached hydrogens (primary N) is 2. The van der Waals surface area contributed by atoms with Crippen molar-refractivity contribution in [2.75, 3.05) is 11.9 Å². The minimum absolute atomic E-state index is 0.0161. The number of benzene rings is 1. The van der Waals surface area contributed by atoms with Crippen molar-refractivity contribution in [1.82, 2.24) is 10.9 Å². The Hall–Kier alpha value is -2.58. The molecule has 8 nitrogen and oxygen atoms in total. The van der Waals surface area contributed by atoms with Gasteiger partial charge in [-0.1, -0.05) is 18.2 Å². The molecule has 0 unspecified atom stereocenters. The molecule has 0 aromatic heterocycles. The summed E-state index contributed by atoms with van der Waals surface area (Å²) < 4.78 is 4.80. The van der Waals surface area contributed by atoms with E-state index in [2.05, 4.69) is 10.7 Å². The van der Waals surface area contributed by atoms with E-state index < -0.39 is 11.9 Å². The Morgan fingerprint density at radius 2 is 1.80 bits per heavy atom. The van der Waals surface area contributed by atoms with E-state index in [4.69, 9.17) is 16.4 Å². The Bertz CT molecular complexity index is 501. The van der Waals surface area contributed by atoms with Crippen LogP contribution in [-0.4, -0.2) is 18.5 Å². The van der Waals surface area contributed by atoms with Crippen molar-refractivity contribution in [3.05, 3.63) is 41.7 Å². The summed E-state index contributed by atoms with van der Waals surface area (Å²) >= 11 is 0. The Morgan fingerprint density at radius 3 is 2.30 bits per heavy atom. The highest BCUT2D eigenvalue weighted by Gasteiger charge is 2.24. The SMILES string of the molecule is CCOC(=O)/C(C(=O)NN)=C(/NN)Nc1ccccc1. The van der Waals surface area contributed by atoms with Crippen LogP contribution in [0.5, 0.6) is 0 Å². The van der Waals surface area contributed by atoms with Crippen molar-refractivity contribution < 1.29 is 14.3 Å². The molecule has 1 aromatic carbocycles. The quantitative estimate of drug-likeness (QED) is 0.0887. The van der Waals surface area contributed by atoms with Crippen LogP contribution in [0.1, 0.15) is 6.92 Å². The fraction of sp³-hybridized carbons (Fsp3) is 0.167. The number of hydrogen-bond donors (Lipinski definition) is 5. The number of carbonyl (C=O) groups is 2. The molecule has 0 saturated carbocycles. The number of anilines is 1. The van der Waals surface area contributed by atoms with Gasteiger partial charge in [-0.05, 0) is 19.1 Å². The van der Waals surface area contributed by atoms with Crippen LogP contribution >= 0.6 is 0 Å². The molecule has 0 atom stereocenters. The van der Waals surface area contributed by atoms with Crippen LogP contribution in [0.15, 0.2) is 41.7 Å². The van der Waals surface area contributed by atoms with Gasteiger partial charge in [0.05, 0.1) is 6.61 Å². The maximum atomic E-state index is 11.8. The first kappa shape index (κ1) is 15.5.